The fraction of sp³-hybridized carbons (Fsp3) is 0.500. The molecule has 1 saturated heterocycles. The van der Waals surface area contributed by atoms with Crippen LogP contribution in [0.5, 0.6) is 0 Å². The lowest BCUT2D eigenvalue weighted by Crippen LogP contribution is -2.49. The zero-order valence-electron chi connectivity index (χ0n) is 12.7. The molecule has 112 valence electrons. The average Bonchev–Trinajstić information content (AvgIpc) is 2.91. The molecule has 21 heavy (non-hydrogen) atoms. The van der Waals surface area contributed by atoms with Gasteiger partial charge in [0, 0.05) is 25.7 Å². The highest BCUT2D eigenvalue weighted by Gasteiger charge is 2.20. The summed E-state index contributed by atoms with van der Waals surface area (Å²) < 4.78 is 5.40. The standard InChI is InChI=1S/C16H22N4O/c1-12-5-3-4-6-14(12)9-16-18-15(19-21-16)11-20-8-7-17-10-13(20)2/h3-6,13,17H,7-11H2,1-2H3/t13-/m1/s1. The van der Waals surface area contributed by atoms with E-state index >= 15 is 0 Å². The largest absolute Gasteiger partial charge is 0.339 e. The molecule has 0 radical (unpaired) electrons. The second kappa shape index (κ2) is 6.37. The summed E-state index contributed by atoms with van der Waals surface area (Å²) in [6.07, 6.45) is 0.705. The highest BCUT2D eigenvalue weighted by Crippen LogP contribution is 2.13. The molecule has 0 aliphatic carbocycles. The van der Waals surface area contributed by atoms with Crippen molar-refractivity contribution in [3.8, 4) is 0 Å². The number of nitrogens with zero attached hydrogens (tertiary/aromatic N) is 3. The lowest BCUT2D eigenvalue weighted by molar-refractivity contribution is 0.160. The Morgan fingerprint density at radius 2 is 2.24 bits per heavy atom. The lowest BCUT2D eigenvalue weighted by Gasteiger charge is -2.32. The summed E-state index contributed by atoms with van der Waals surface area (Å²) in [5.41, 5.74) is 2.50. The Kier molecular flexibility index (Phi) is 4.31. The maximum Gasteiger partial charge on any atom is 0.231 e. The monoisotopic (exact) mass is 286 g/mol. The van der Waals surface area contributed by atoms with Crippen LogP contribution < -0.4 is 5.32 Å². The molecular formula is C16H22N4O. The fourth-order valence-electron chi connectivity index (χ4n) is 2.70. The normalized spacial score (nSPS) is 19.8. The van der Waals surface area contributed by atoms with Crippen LogP contribution in [-0.2, 0) is 13.0 Å². The first-order chi connectivity index (χ1) is 10.2. The number of hydrogen-bond acceptors (Lipinski definition) is 5. The van der Waals surface area contributed by atoms with Crippen LogP contribution in [0.3, 0.4) is 0 Å². The highest BCUT2D eigenvalue weighted by atomic mass is 16.5. The van der Waals surface area contributed by atoms with E-state index in [9.17, 15) is 0 Å². The van der Waals surface area contributed by atoms with Crippen LogP contribution in [0.1, 0.15) is 29.8 Å². The van der Waals surface area contributed by atoms with E-state index in [4.69, 9.17) is 4.52 Å². The summed E-state index contributed by atoms with van der Waals surface area (Å²) in [6, 6.07) is 8.82. The van der Waals surface area contributed by atoms with Gasteiger partial charge in [0.05, 0.1) is 13.0 Å². The van der Waals surface area contributed by atoms with Crippen LogP contribution in [0.4, 0.5) is 0 Å². The Bertz CT molecular complexity index is 595. The smallest absolute Gasteiger partial charge is 0.231 e. The third kappa shape index (κ3) is 3.49. The minimum atomic E-state index is 0.511. The van der Waals surface area contributed by atoms with Gasteiger partial charge in [0.2, 0.25) is 5.89 Å². The van der Waals surface area contributed by atoms with Gasteiger partial charge in [0.25, 0.3) is 0 Å². The van der Waals surface area contributed by atoms with Crippen LogP contribution >= 0.6 is 0 Å². The van der Waals surface area contributed by atoms with Crippen molar-refractivity contribution < 1.29 is 4.52 Å². The van der Waals surface area contributed by atoms with Gasteiger partial charge < -0.3 is 9.84 Å². The van der Waals surface area contributed by atoms with Crippen LogP contribution in [-0.4, -0.2) is 40.7 Å². The molecule has 0 amide bonds. The Hall–Kier alpha value is -1.72. The minimum Gasteiger partial charge on any atom is -0.339 e. The van der Waals surface area contributed by atoms with Crippen molar-refractivity contribution >= 4 is 0 Å². The summed E-state index contributed by atoms with van der Waals surface area (Å²) in [5.74, 6) is 1.48. The van der Waals surface area contributed by atoms with Gasteiger partial charge in [-0.05, 0) is 25.0 Å². The van der Waals surface area contributed by atoms with Crippen molar-refractivity contribution in [1.82, 2.24) is 20.4 Å². The summed E-state index contributed by atoms with van der Waals surface area (Å²) in [7, 11) is 0. The van der Waals surface area contributed by atoms with Gasteiger partial charge in [-0.1, -0.05) is 29.4 Å². The number of hydrogen-bond donors (Lipinski definition) is 1. The van der Waals surface area contributed by atoms with Crippen LogP contribution in [0.15, 0.2) is 28.8 Å². The number of nitrogens with one attached hydrogen (secondary N) is 1. The fourth-order valence-corrected chi connectivity index (χ4v) is 2.70. The molecule has 1 aliphatic heterocycles. The number of aryl methyl sites for hydroxylation is 1. The first-order valence-corrected chi connectivity index (χ1v) is 7.53. The van der Waals surface area contributed by atoms with Gasteiger partial charge in [-0.3, -0.25) is 4.90 Å². The average molecular weight is 286 g/mol. The van der Waals surface area contributed by atoms with Gasteiger partial charge in [-0.2, -0.15) is 4.98 Å². The molecule has 2 aromatic rings. The molecule has 1 aromatic carbocycles. The lowest BCUT2D eigenvalue weighted by atomic mass is 10.1. The van der Waals surface area contributed by atoms with Crippen molar-refractivity contribution in [2.24, 2.45) is 0 Å². The molecule has 1 aromatic heterocycles. The number of benzene rings is 1. The molecule has 1 atom stereocenters. The molecule has 1 aliphatic rings. The Morgan fingerprint density at radius 1 is 1.38 bits per heavy atom. The first kappa shape index (κ1) is 14.2. The first-order valence-electron chi connectivity index (χ1n) is 7.53. The van der Waals surface area contributed by atoms with Gasteiger partial charge in [-0.15, -0.1) is 0 Å². The van der Waals surface area contributed by atoms with E-state index < -0.39 is 0 Å². The molecular weight excluding hydrogens is 264 g/mol. The van der Waals surface area contributed by atoms with Crippen molar-refractivity contribution in [3.05, 3.63) is 47.1 Å². The van der Waals surface area contributed by atoms with E-state index in [-0.39, 0.29) is 0 Å². The highest BCUT2D eigenvalue weighted by molar-refractivity contribution is 5.27. The third-order valence-corrected chi connectivity index (χ3v) is 4.10. The van der Waals surface area contributed by atoms with Gasteiger partial charge in [0.1, 0.15) is 0 Å². The summed E-state index contributed by atoms with van der Waals surface area (Å²) in [4.78, 5) is 6.92. The molecule has 1 fully saturated rings. The van der Waals surface area contributed by atoms with Crippen molar-refractivity contribution in [1.29, 1.82) is 0 Å². The van der Waals surface area contributed by atoms with Gasteiger partial charge in [0.15, 0.2) is 5.82 Å². The van der Waals surface area contributed by atoms with E-state index in [1.807, 2.05) is 12.1 Å². The predicted molar refractivity (Wildman–Crippen MR) is 81.0 cm³/mol. The molecule has 0 spiro atoms. The Balaban J connectivity index is 1.65. The van der Waals surface area contributed by atoms with E-state index in [0.29, 0.717) is 18.4 Å². The van der Waals surface area contributed by atoms with E-state index in [0.717, 1.165) is 32.0 Å². The number of aromatic nitrogens is 2. The third-order valence-electron chi connectivity index (χ3n) is 4.10. The minimum absolute atomic E-state index is 0.511. The maximum absolute atomic E-state index is 5.40. The Labute approximate surface area is 125 Å². The molecule has 5 nitrogen and oxygen atoms in total. The molecule has 2 heterocycles. The summed E-state index contributed by atoms with van der Waals surface area (Å²) in [5, 5.41) is 7.51. The van der Waals surface area contributed by atoms with Crippen LogP contribution in [0, 0.1) is 6.92 Å². The maximum atomic E-state index is 5.40. The molecule has 0 unspecified atom stereocenters. The SMILES string of the molecule is Cc1ccccc1Cc1nc(CN2CCNC[C@H]2C)no1. The molecule has 3 rings (SSSR count). The van der Waals surface area contributed by atoms with Crippen LogP contribution in [0.25, 0.3) is 0 Å². The molecule has 1 N–H and O–H groups in total. The van der Waals surface area contributed by atoms with Gasteiger partial charge in [-0.25, -0.2) is 0 Å². The predicted octanol–water partition coefficient (Wildman–Crippen LogP) is 1.76. The van der Waals surface area contributed by atoms with E-state index in [2.05, 4.69) is 46.3 Å². The second-order valence-corrected chi connectivity index (χ2v) is 5.73. The number of rotatable bonds is 4. The van der Waals surface area contributed by atoms with Gasteiger partial charge >= 0.3 is 0 Å². The van der Waals surface area contributed by atoms with Crippen molar-refractivity contribution in [2.75, 3.05) is 19.6 Å². The van der Waals surface area contributed by atoms with E-state index in [1.54, 1.807) is 0 Å². The zero-order chi connectivity index (χ0) is 14.7. The van der Waals surface area contributed by atoms with Crippen LogP contribution in [0.2, 0.25) is 0 Å². The quantitative estimate of drug-likeness (QED) is 0.928. The second-order valence-electron chi connectivity index (χ2n) is 5.73. The molecule has 5 heteroatoms. The molecule has 0 saturated carbocycles. The summed E-state index contributed by atoms with van der Waals surface area (Å²) in [6.45, 7) is 8.17. The topological polar surface area (TPSA) is 54.2 Å². The summed E-state index contributed by atoms with van der Waals surface area (Å²) >= 11 is 0. The van der Waals surface area contributed by atoms with E-state index in [1.165, 1.54) is 11.1 Å². The molecule has 0 bridgehead atoms. The zero-order valence-corrected chi connectivity index (χ0v) is 12.7. The van der Waals surface area contributed by atoms with Crippen molar-refractivity contribution in [3.63, 3.8) is 0 Å². The Morgan fingerprint density at radius 3 is 3.05 bits per heavy atom. The van der Waals surface area contributed by atoms with Crippen molar-refractivity contribution in [2.45, 2.75) is 32.9 Å². The number of piperazine rings is 1.